The molecule has 0 N–H and O–H groups in total. The Balaban J connectivity index is 2.61. The van der Waals surface area contributed by atoms with Gasteiger partial charge in [0, 0.05) is 17.0 Å². The molecule has 1 heterocycles. The van der Waals surface area contributed by atoms with Gasteiger partial charge in [-0.15, -0.1) is 0 Å². The van der Waals surface area contributed by atoms with Crippen molar-refractivity contribution in [2.45, 2.75) is 27.2 Å². The summed E-state index contributed by atoms with van der Waals surface area (Å²) in [5.41, 5.74) is 2.03. The molecule has 1 aliphatic heterocycles. The number of Topliss-reactive ketones (excluding diaryl/α,β-unsaturated/α-hetero) is 1. The summed E-state index contributed by atoms with van der Waals surface area (Å²) in [4.78, 5) is 38.3. The molecule has 0 bridgehead atoms. The van der Waals surface area contributed by atoms with Gasteiger partial charge in [-0.05, 0) is 44.0 Å². The van der Waals surface area contributed by atoms with Gasteiger partial charge >= 0.3 is 5.91 Å². The van der Waals surface area contributed by atoms with E-state index in [0.717, 1.165) is 5.56 Å². The minimum Gasteiger partial charge on any atom is -0.309 e. The third-order valence-electron chi connectivity index (χ3n) is 3.80. The van der Waals surface area contributed by atoms with E-state index in [1.807, 2.05) is 13.0 Å². The Morgan fingerprint density at radius 2 is 2.04 bits per heavy atom. The molecule has 0 fully saturated rings. The molecular formula is C17H18N3O3+. The predicted molar refractivity (Wildman–Crippen MR) is 83.4 cm³/mol. The van der Waals surface area contributed by atoms with Crippen LogP contribution >= 0.6 is 0 Å². The number of nitrogens with zero attached hydrogens (tertiary/aromatic N) is 3. The van der Waals surface area contributed by atoms with Crippen LogP contribution in [0, 0.1) is 23.2 Å². The first-order valence-electron chi connectivity index (χ1n) is 7.46. The molecule has 0 atom stereocenters. The molecule has 0 aliphatic carbocycles. The lowest BCUT2D eigenvalue weighted by Crippen LogP contribution is -2.43. The largest absolute Gasteiger partial charge is 0.465 e. The summed E-state index contributed by atoms with van der Waals surface area (Å²) in [6.07, 6.45) is 0.298. The van der Waals surface area contributed by atoms with E-state index in [9.17, 15) is 14.5 Å². The van der Waals surface area contributed by atoms with Gasteiger partial charge in [0.05, 0.1) is 22.0 Å². The number of aryl methyl sites for hydroxylation is 1. The molecule has 1 aliphatic rings. The summed E-state index contributed by atoms with van der Waals surface area (Å²) in [6.45, 7) is 5.64. The molecule has 2 rings (SSSR count). The van der Waals surface area contributed by atoms with Crippen LogP contribution in [0.4, 0.5) is 0 Å². The third kappa shape index (κ3) is 3.04. The highest BCUT2D eigenvalue weighted by Crippen LogP contribution is 2.24. The van der Waals surface area contributed by atoms with E-state index in [0.29, 0.717) is 28.9 Å². The van der Waals surface area contributed by atoms with Crippen LogP contribution in [0.15, 0.2) is 29.5 Å². The molecule has 0 aromatic heterocycles. The lowest BCUT2D eigenvalue weighted by atomic mass is 9.97. The van der Waals surface area contributed by atoms with Crippen LogP contribution in [0.25, 0.3) is 0 Å². The van der Waals surface area contributed by atoms with E-state index in [4.69, 9.17) is 5.26 Å². The zero-order valence-electron chi connectivity index (χ0n) is 13.4. The van der Waals surface area contributed by atoms with Crippen LogP contribution in [-0.2, 0) is 4.79 Å². The zero-order chi connectivity index (χ0) is 17.1. The molecule has 6 nitrogen and oxygen atoms in total. The van der Waals surface area contributed by atoms with E-state index in [1.54, 1.807) is 30.9 Å². The number of carbonyl (C=O) groups is 2. The molecule has 0 spiro atoms. The molecule has 6 heteroatoms. The first kappa shape index (κ1) is 16.6. The second-order valence-corrected chi connectivity index (χ2v) is 5.39. The molecule has 1 aromatic rings. The fraction of sp³-hybridized carbons (Fsp3) is 0.353. The number of carbonyl (C=O) groups excluding carboxylic acids is 2. The normalized spacial score (nSPS) is 15.0. The van der Waals surface area contributed by atoms with E-state index in [2.05, 4.69) is 0 Å². The number of likely N-dealkylation sites (N-methyl/N-ethyl adjacent to an activating group) is 1. The number of hydrogen-bond donors (Lipinski definition) is 0. The minimum atomic E-state index is -0.659. The van der Waals surface area contributed by atoms with Crippen molar-refractivity contribution in [2.24, 2.45) is 0 Å². The van der Waals surface area contributed by atoms with E-state index >= 15 is 0 Å². The maximum atomic E-state index is 12.9. The third-order valence-corrected chi connectivity index (χ3v) is 3.80. The fourth-order valence-corrected chi connectivity index (χ4v) is 2.71. The lowest BCUT2D eigenvalue weighted by molar-refractivity contribution is -0.489. The number of nitriles is 1. The van der Waals surface area contributed by atoms with Crippen molar-refractivity contribution in [3.8, 4) is 6.07 Å². The molecule has 0 saturated carbocycles. The average Bonchev–Trinajstić information content (AvgIpc) is 2.55. The first-order valence-corrected chi connectivity index (χ1v) is 7.46. The maximum absolute atomic E-state index is 12.9. The highest BCUT2D eigenvalue weighted by atomic mass is 16.3. The summed E-state index contributed by atoms with van der Waals surface area (Å²) >= 11 is 0. The summed E-state index contributed by atoms with van der Waals surface area (Å²) in [5.74, 6) is -0.987. The van der Waals surface area contributed by atoms with Gasteiger partial charge in [0.25, 0.3) is 6.67 Å². The topological polar surface area (TPSA) is 81.2 Å². The fourth-order valence-electron chi connectivity index (χ4n) is 2.71. The SMILES string of the molecule is CCC1=C(C(=O)c2cc(C)cc(C#N)c2)N(CC)C[N+](=O)C1=O. The monoisotopic (exact) mass is 312 g/mol. The number of allylic oxidation sites excluding steroid dienone is 1. The number of amides is 1. The van der Waals surface area contributed by atoms with Gasteiger partial charge in [0.1, 0.15) is 5.70 Å². The Bertz CT molecular complexity index is 772. The molecule has 1 amide bonds. The zero-order valence-corrected chi connectivity index (χ0v) is 13.4. The van der Waals surface area contributed by atoms with Crippen molar-refractivity contribution in [3.63, 3.8) is 0 Å². The smallest absolute Gasteiger partial charge is 0.309 e. The molecule has 0 saturated heterocycles. The number of hydrogen-bond acceptors (Lipinski definition) is 5. The van der Waals surface area contributed by atoms with Gasteiger partial charge in [-0.3, -0.25) is 4.79 Å². The molecule has 0 radical (unpaired) electrons. The van der Waals surface area contributed by atoms with Crippen molar-refractivity contribution in [2.75, 3.05) is 13.2 Å². The molecule has 23 heavy (non-hydrogen) atoms. The van der Waals surface area contributed by atoms with Gasteiger partial charge in [-0.1, -0.05) is 6.92 Å². The Kier molecular flexibility index (Phi) is 4.70. The molecule has 1 aromatic carbocycles. The lowest BCUT2D eigenvalue weighted by Gasteiger charge is -2.25. The summed E-state index contributed by atoms with van der Waals surface area (Å²) < 4.78 is 0.371. The highest BCUT2D eigenvalue weighted by Gasteiger charge is 2.40. The van der Waals surface area contributed by atoms with Crippen molar-refractivity contribution < 1.29 is 14.3 Å². The predicted octanol–water partition coefficient (Wildman–Crippen LogP) is 2.31. The minimum absolute atomic E-state index is 0.156. The quantitative estimate of drug-likeness (QED) is 0.629. The summed E-state index contributed by atoms with van der Waals surface area (Å²) in [6, 6.07) is 6.91. The second kappa shape index (κ2) is 6.53. The van der Waals surface area contributed by atoms with E-state index in [1.165, 1.54) is 6.07 Å². The van der Waals surface area contributed by atoms with Crippen molar-refractivity contribution in [3.05, 3.63) is 51.1 Å². The van der Waals surface area contributed by atoms with E-state index < -0.39 is 5.91 Å². The number of benzene rings is 1. The van der Waals surface area contributed by atoms with Gasteiger partial charge in [-0.25, -0.2) is 4.79 Å². The second-order valence-electron chi connectivity index (χ2n) is 5.39. The van der Waals surface area contributed by atoms with Gasteiger partial charge in [0.15, 0.2) is 0 Å². The van der Waals surface area contributed by atoms with E-state index in [-0.39, 0.29) is 23.7 Å². The number of ketones is 1. The number of rotatable bonds is 4. The summed E-state index contributed by atoms with van der Waals surface area (Å²) in [5, 5.41) is 9.07. The van der Waals surface area contributed by atoms with Gasteiger partial charge in [-0.2, -0.15) is 5.26 Å². The Labute approximate surface area is 134 Å². The molecule has 0 unspecified atom stereocenters. The average molecular weight is 312 g/mol. The van der Waals surface area contributed by atoms with Crippen LogP contribution in [0.5, 0.6) is 0 Å². The van der Waals surface area contributed by atoms with Gasteiger partial charge < -0.3 is 4.90 Å². The standard InChI is InChI=1S/C17H18N3O3/c1-4-14-15(19(5-2)10-20(23)17(14)22)16(21)13-7-11(3)6-12(8-13)9-18/h6-8H,4-5,10H2,1-3H3/q+1. The van der Waals surface area contributed by atoms with Crippen molar-refractivity contribution in [1.82, 2.24) is 4.90 Å². The van der Waals surface area contributed by atoms with Crippen LogP contribution in [0.1, 0.15) is 41.8 Å². The highest BCUT2D eigenvalue weighted by molar-refractivity contribution is 6.12. The van der Waals surface area contributed by atoms with Gasteiger partial charge in [0.2, 0.25) is 5.78 Å². The van der Waals surface area contributed by atoms with Crippen LogP contribution in [-0.4, -0.2) is 34.6 Å². The van der Waals surface area contributed by atoms with Crippen molar-refractivity contribution >= 4 is 11.7 Å². The van der Waals surface area contributed by atoms with Crippen LogP contribution < -0.4 is 0 Å². The molecule has 118 valence electrons. The van der Waals surface area contributed by atoms with Crippen LogP contribution in [0.2, 0.25) is 0 Å². The molecular weight excluding hydrogens is 294 g/mol. The van der Waals surface area contributed by atoms with Crippen molar-refractivity contribution in [1.29, 1.82) is 5.26 Å². The summed E-state index contributed by atoms with van der Waals surface area (Å²) in [7, 11) is 0. The Morgan fingerprint density at radius 1 is 1.35 bits per heavy atom. The Hall–Kier alpha value is -2.81. The maximum Gasteiger partial charge on any atom is 0.465 e. The first-order chi connectivity index (χ1) is 10.9. The number of nitroso groups, excluding NO2 is 1. The Morgan fingerprint density at radius 3 is 2.61 bits per heavy atom. The van der Waals surface area contributed by atoms with Crippen LogP contribution in [0.3, 0.4) is 0 Å².